The van der Waals surface area contributed by atoms with Gasteiger partial charge in [0, 0.05) is 67.7 Å². The van der Waals surface area contributed by atoms with E-state index in [2.05, 4.69) is 9.97 Å². The average molecular weight is 513 g/mol. The summed E-state index contributed by atoms with van der Waals surface area (Å²) in [6.45, 7) is 2.79. The van der Waals surface area contributed by atoms with Crippen LogP contribution in [0.4, 0.5) is 0 Å². The molecule has 1 aliphatic carbocycles. The normalized spacial score (nSPS) is 16.3. The number of rotatable bonds is 8. The zero-order valence-corrected chi connectivity index (χ0v) is 21.9. The molecule has 0 bridgehead atoms. The molecule has 7 nitrogen and oxygen atoms in total. The molecule has 0 unspecified atom stereocenters. The van der Waals surface area contributed by atoms with Gasteiger partial charge in [-0.05, 0) is 48.2 Å². The van der Waals surface area contributed by atoms with E-state index in [-0.39, 0.29) is 18.2 Å². The van der Waals surface area contributed by atoms with Crippen molar-refractivity contribution in [2.75, 3.05) is 32.8 Å². The monoisotopic (exact) mass is 512 g/mol. The molecule has 3 aromatic rings. The molecule has 1 aliphatic heterocycles. The third-order valence-electron chi connectivity index (χ3n) is 7.67. The van der Waals surface area contributed by atoms with Crippen LogP contribution in [-0.4, -0.2) is 64.4 Å². The zero-order chi connectivity index (χ0) is 26.2. The topological polar surface area (TPSA) is 75.6 Å². The summed E-state index contributed by atoms with van der Waals surface area (Å²) in [5.74, 6) is 1.57. The standard InChI is InChI=1S/C31H36N4O3/c36-30(19-25-18-28(23-33-21-25)27-9-5-12-32-22-27)34-13-15-35(16-14-34)31(37)26-8-4-10-29(20-26)38-17-11-24-6-2-1-3-7-24/h4-5,8-10,12,18,20-24H,1-3,6-7,11,13-17,19H2. The second-order valence-corrected chi connectivity index (χ2v) is 10.3. The van der Waals surface area contributed by atoms with Gasteiger partial charge in [0.05, 0.1) is 13.0 Å². The number of ether oxygens (including phenoxy) is 1. The highest BCUT2D eigenvalue weighted by Crippen LogP contribution is 2.26. The van der Waals surface area contributed by atoms with Gasteiger partial charge in [0.25, 0.3) is 5.91 Å². The Labute approximate surface area is 224 Å². The molecule has 1 saturated carbocycles. The molecule has 3 heterocycles. The number of hydrogen-bond acceptors (Lipinski definition) is 5. The summed E-state index contributed by atoms with van der Waals surface area (Å²) < 4.78 is 6.00. The molecular formula is C31H36N4O3. The minimum Gasteiger partial charge on any atom is -0.494 e. The number of amides is 2. The lowest BCUT2D eigenvalue weighted by molar-refractivity contribution is -0.131. The number of aromatic nitrogens is 2. The molecular weight excluding hydrogens is 476 g/mol. The summed E-state index contributed by atoms with van der Waals surface area (Å²) in [6, 6.07) is 13.4. The lowest BCUT2D eigenvalue weighted by Gasteiger charge is -2.35. The van der Waals surface area contributed by atoms with Crippen molar-refractivity contribution in [2.24, 2.45) is 5.92 Å². The lowest BCUT2D eigenvalue weighted by atomic mass is 9.87. The Balaban J connectivity index is 1.10. The van der Waals surface area contributed by atoms with Gasteiger partial charge in [0.2, 0.25) is 5.91 Å². The first kappa shape index (κ1) is 25.9. The van der Waals surface area contributed by atoms with Crippen LogP contribution < -0.4 is 4.74 Å². The largest absolute Gasteiger partial charge is 0.494 e. The first-order chi connectivity index (χ1) is 18.7. The lowest BCUT2D eigenvalue weighted by Crippen LogP contribution is -2.51. The van der Waals surface area contributed by atoms with Crippen molar-refractivity contribution in [1.29, 1.82) is 0 Å². The molecule has 2 aromatic heterocycles. The van der Waals surface area contributed by atoms with E-state index < -0.39 is 0 Å². The van der Waals surface area contributed by atoms with Crippen molar-refractivity contribution < 1.29 is 14.3 Å². The highest BCUT2D eigenvalue weighted by Gasteiger charge is 2.25. The van der Waals surface area contributed by atoms with Gasteiger partial charge < -0.3 is 14.5 Å². The fourth-order valence-electron chi connectivity index (χ4n) is 5.44. The van der Waals surface area contributed by atoms with Crippen LogP contribution in [0.5, 0.6) is 5.75 Å². The van der Waals surface area contributed by atoms with Gasteiger partial charge in [-0.15, -0.1) is 0 Å². The SMILES string of the molecule is O=C(Cc1cncc(-c2cccnc2)c1)N1CCN(C(=O)c2cccc(OCCC3CCCCC3)c2)CC1. The van der Waals surface area contributed by atoms with E-state index in [9.17, 15) is 9.59 Å². The Bertz CT molecular complexity index is 1220. The maximum absolute atomic E-state index is 13.2. The molecule has 1 aromatic carbocycles. The van der Waals surface area contributed by atoms with Crippen LogP contribution in [0.3, 0.4) is 0 Å². The molecule has 0 atom stereocenters. The molecule has 2 amide bonds. The second kappa shape index (κ2) is 12.7. The van der Waals surface area contributed by atoms with E-state index in [0.717, 1.165) is 34.8 Å². The van der Waals surface area contributed by atoms with Crippen LogP contribution in [0.25, 0.3) is 11.1 Å². The first-order valence-electron chi connectivity index (χ1n) is 13.8. The summed E-state index contributed by atoms with van der Waals surface area (Å²) in [4.78, 5) is 38.3. The van der Waals surface area contributed by atoms with Crippen LogP contribution in [0, 0.1) is 5.92 Å². The van der Waals surface area contributed by atoms with Gasteiger partial charge in [0.15, 0.2) is 0 Å². The Hall–Kier alpha value is -3.74. The molecule has 7 heteroatoms. The van der Waals surface area contributed by atoms with Gasteiger partial charge in [-0.1, -0.05) is 44.2 Å². The maximum Gasteiger partial charge on any atom is 0.254 e. The van der Waals surface area contributed by atoms with E-state index in [0.29, 0.717) is 38.3 Å². The van der Waals surface area contributed by atoms with Crippen LogP contribution in [-0.2, 0) is 11.2 Å². The minimum atomic E-state index is -0.0109. The number of piperazine rings is 1. The molecule has 2 fully saturated rings. The van der Waals surface area contributed by atoms with Crippen molar-refractivity contribution in [3.8, 4) is 16.9 Å². The molecule has 198 valence electrons. The molecule has 5 rings (SSSR count). The summed E-state index contributed by atoms with van der Waals surface area (Å²) in [5, 5.41) is 0. The van der Waals surface area contributed by atoms with Crippen molar-refractivity contribution >= 4 is 11.8 Å². The van der Waals surface area contributed by atoms with Crippen LogP contribution >= 0.6 is 0 Å². The summed E-state index contributed by atoms with van der Waals surface area (Å²) in [7, 11) is 0. The Morgan fingerprint density at radius 3 is 2.42 bits per heavy atom. The van der Waals surface area contributed by atoms with E-state index in [4.69, 9.17) is 4.74 Å². The van der Waals surface area contributed by atoms with Gasteiger partial charge >= 0.3 is 0 Å². The van der Waals surface area contributed by atoms with E-state index in [1.54, 1.807) is 24.8 Å². The predicted octanol–water partition coefficient (Wildman–Crippen LogP) is 5.02. The van der Waals surface area contributed by atoms with Gasteiger partial charge in [0.1, 0.15) is 5.75 Å². The summed E-state index contributed by atoms with van der Waals surface area (Å²) in [6.07, 6.45) is 15.1. The molecule has 0 spiro atoms. The molecule has 38 heavy (non-hydrogen) atoms. The predicted molar refractivity (Wildman–Crippen MR) is 147 cm³/mol. The number of hydrogen-bond donors (Lipinski definition) is 0. The smallest absolute Gasteiger partial charge is 0.254 e. The molecule has 2 aliphatic rings. The van der Waals surface area contributed by atoms with Gasteiger partial charge in [-0.3, -0.25) is 19.6 Å². The highest BCUT2D eigenvalue weighted by atomic mass is 16.5. The third-order valence-corrected chi connectivity index (χ3v) is 7.67. The quantitative estimate of drug-likeness (QED) is 0.424. The van der Waals surface area contributed by atoms with Crippen LogP contribution in [0.1, 0.15) is 54.4 Å². The maximum atomic E-state index is 13.2. The Morgan fingerprint density at radius 2 is 1.63 bits per heavy atom. The number of nitrogens with zero attached hydrogens (tertiary/aromatic N) is 4. The molecule has 1 saturated heterocycles. The number of pyridine rings is 2. The molecule has 0 radical (unpaired) electrons. The van der Waals surface area contributed by atoms with E-state index >= 15 is 0 Å². The zero-order valence-electron chi connectivity index (χ0n) is 21.9. The second-order valence-electron chi connectivity index (χ2n) is 10.3. The third kappa shape index (κ3) is 6.77. The van der Waals surface area contributed by atoms with Crippen LogP contribution in [0.15, 0.2) is 67.3 Å². The first-order valence-corrected chi connectivity index (χ1v) is 13.8. The summed E-state index contributed by atoms with van der Waals surface area (Å²) >= 11 is 0. The van der Waals surface area contributed by atoms with Crippen molar-refractivity contribution in [2.45, 2.75) is 44.9 Å². The van der Waals surface area contributed by atoms with Gasteiger partial charge in [-0.25, -0.2) is 0 Å². The average Bonchev–Trinajstić information content (AvgIpc) is 2.98. The minimum absolute atomic E-state index is 0.0109. The summed E-state index contributed by atoms with van der Waals surface area (Å²) in [5.41, 5.74) is 3.42. The van der Waals surface area contributed by atoms with Crippen LogP contribution in [0.2, 0.25) is 0 Å². The van der Waals surface area contributed by atoms with Crippen molar-refractivity contribution in [1.82, 2.24) is 19.8 Å². The Kier molecular flexibility index (Phi) is 8.64. The van der Waals surface area contributed by atoms with Crippen molar-refractivity contribution in [3.05, 3.63) is 78.4 Å². The van der Waals surface area contributed by atoms with Gasteiger partial charge in [-0.2, -0.15) is 0 Å². The van der Waals surface area contributed by atoms with E-state index in [1.807, 2.05) is 52.3 Å². The van der Waals surface area contributed by atoms with E-state index in [1.165, 1.54) is 32.1 Å². The number of benzene rings is 1. The Morgan fingerprint density at radius 1 is 0.842 bits per heavy atom. The fourth-order valence-corrected chi connectivity index (χ4v) is 5.44. The fraction of sp³-hybridized carbons (Fsp3) is 0.419. The number of carbonyl (C=O) groups excluding carboxylic acids is 2. The highest BCUT2D eigenvalue weighted by molar-refractivity contribution is 5.94. The van der Waals surface area contributed by atoms with Crippen molar-refractivity contribution in [3.63, 3.8) is 0 Å². The molecule has 0 N–H and O–H groups in total. The number of carbonyl (C=O) groups is 2.